The van der Waals surface area contributed by atoms with Crippen molar-refractivity contribution in [1.29, 1.82) is 0 Å². The summed E-state index contributed by atoms with van der Waals surface area (Å²) in [7, 11) is 0. The Morgan fingerprint density at radius 1 is 0.860 bits per heavy atom. The summed E-state index contributed by atoms with van der Waals surface area (Å²) in [6.45, 7) is -1.07. The second-order valence-corrected chi connectivity index (χ2v) is 13.9. The number of halogens is 1. The summed E-state index contributed by atoms with van der Waals surface area (Å²) < 4.78 is 43.8. The molecule has 21 N–H and O–H groups in total. The number of aliphatic hydroxyl groups excluding tert-OH is 8. The van der Waals surface area contributed by atoms with Crippen molar-refractivity contribution in [3.63, 3.8) is 0 Å². The van der Waals surface area contributed by atoms with E-state index in [2.05, 4.69) is 5.32 Å². The van der Waals surface area contributed by atoms with Gasteiger partial charge in [-0.1, -0.05) is 0 Å². The molecular formula is C28H52FN7O14. The normalized spacial score (nSPS) is 52.1. The smallest absolute Gasteiger partial charge is 0.252 e. The van der Waals surface area contributed by atoms with Gasteiger partial charge in [0.05, 0.1) is 48.7 Å². The van der Waals surface area contributed by atoms with E-state index in [1.165, 1.54) is 0 Å². The van der Waals surface area contributed by atoms with Crippen LogP contribution in [-0.4, -0.2) is 194 Å². The molecule has 0 bridgehead atoms. The summed E-state index contributed by atoms with van der Waals surface area (Å²) in [5.74, 6) is -2.58. The van der Waals surface area contributed by atoms with Gasteiger partial charge >= 0.3 is 0 Å². The number of carbonyl (C=O) groups excluding carboxylic acids is 1. The van der Waals surface area contributed by atoms with Crippen LogP contribution in [0.25, 0.3) is 0 Å². The van der Waals surface area contributed by atoms with Crippen LogP contribution >= 0.6 is 0 Å². The second kappa shape index (κ2) is 15.5. The number of ether oxygens (including phenoxy) is 5. The predicted octanol–water partition coefficient (Wildman–Crippen LogP) is -9.66. The van der Waals surface area contributed by atoms with Gasteiger partial charge in [-0.15, -0.1) is 0 Å². The van der Waals surface area contributed by atoms with Crippen LogP contribution in [0.2, 0.25) is 0 Å². The highest BCUT2D eigenvalue weighted by Gasteiger charge is 2.71. The minimum atomic E-state index is -2.27. The van der Waals surface area contributed by atoms with E-state index in [1.807, 2.05) is 0 Å². The quantitative estimate of drug-likeness (QED) is 0.0938. The van der Waals surface area contributed by atoms with Gasteiger partial charge in [0.1, 0.15) is 48.4 Å². The minimum absolute atomic E-state index is 0.0300. The number of amides is 1. The first-order valence-corrected chi connectivity index (χ1v) is 16.6. The fourth-order valence-electron chi connectivity index (χ4n) is 7.49. The zero-order chi connectivity index (χ0) is 37.0. The van der Waals surface area contributed by atoms with Crippen LogP contribution in [0.15, 0.2) is 0 Å². The van der Waals surface area contributed by atoms with E-state index in [9.17, 15) is 50.0 Å². The summed E-state index contributed by atoms with van der Waals surface area (Å²) in [4.78, 5) is 12.7. The average molecular weight is 730 g/mol. The number of alkyl halides is 1. The molecule has 3 saturated heterocycles. The van der Waals surface area contributed by atoms with E-state index in [0.29, 0.717) is 0 Å². The lowest BCUT2D eigenvalue weighted by atomic mass is 9.70. The molecule has 22 atom stereocenters. The van der Waals surface area contributed by atoms with E-state index < -0.39 is 146 Å². The maximum Gasteiger partial charge on any atom is 0.252 e. The van der Waals surface area contributed by atoms with Gasteiger partial charge in [0.25, 0.3) is 5.91 Å². The Labute approximate surface area is 285 Å². The zero-order valence-electron chi connectivity index (χ0n) is 27.0. The molecule has 5 aliphatic rings. The van der Waals surface area contributed by atoms with E-state index in [0.717, 1.165) is 0 Å². The van der Waals surface area contributed by atoms with Crippen molar-refractivity contribution in [3.05, 3.63) is 0 Å². The molecule has 22 heteroatoms. The summed E-state index contributed by atoms with van der Waals surface area (Å²) in [5.41, 5.74) is 34.0. The molecule has 5 fully saturated rings. The number of nitrogens with two attached hydrogens (primary N) is 6. The van der Waals surface area contributed by atoms with Gasteiger partial charge in [-0.3, -0.25) is 4.79 Å². The van der Waals surface area contributed by atoms with Gasteiger partial charge < -0.3 is 104 Å². The second-order valence-electron chi connectivity index (χ2n) is 13.9. The molecule has 0 radical (unpaired) electrons. The molecule has 3 aliphatic heterocycles. The monoisotopic (exact) mass is 729 g/mol. The fourth-order valence-corrected chi connectivity index (χ4v) is 7.49. The Hall–Kier alpha value is -1.36. The predicted molar refractivity (Wildman–Crippen MR) is 163 cm³/mol. The van der Waals surface area contributed by atoms with Crippen LogP contribution in [0.5, 0.6) is 0 Å². The molecule has 2 aliphatic carbocycles. The topological polar surface area (TPSA) is 393 Å². The summed E-state index contributed by atoms with van der Waals surface area (Å²) >= 11 is 0. The van der Waals surface area contributed by atoms with Crippen molar-refractivity contribution < 1.29 is 73.7 Å². The van der Waals surface area contributed by atoms with Crippen LogP contribution < -0.4 is 39.7 Å². The fraction of sp³-hybridized carbons (Fsp3) is 0.964. The van der Waals surface area contributed by atoms with Crippen molar-refractivity contribution in [2.45, 2.75) is 141 Å². The SMILES string of the molecule is NC[C@@H](F)[C@H](O)C(=O)N[C@@H]1[C@@H](O)[C@H](N)C([C@H]2O[C@H](CN)[C@@H](O)C[C@H]2N)[C@H](O[C@@H]2OC3(C[C@H]3O)[C@@H](OC3O[C@@H](CN)[C@@H](O)[C@H](O)[C@H]3N)[C@H]2O)[C@H]1O. The number of rotatable bonds is 11. The number of nitrogens with one attached hydrogen (secondary N) is 1. The Balaban J connectivity index is 1.43. The van der Waals surface area contributed by atoms with Crippen molar-refractivity contribution in [1.82, 2.24) is 5.32 Å². The van der Waals surface area contributed by atoms with Crippen molar-refractivity contribution >= 4 is 5.91 Å². The van der Waals surface area contributed by atoms with Gasteiger partial charge in [-0.05, 0) is 6.42 Å². The number of hydrogen-bond acceptors (Lipinski definition) is 20. The lowest BCUT2D eigenvalue weighted by Gasteiger charge is -2.52. The van der Waals surface area contributed by atoms with Crippen molar-refractivity contribution in [2.24, 2.45) is 40.3 Å². The summed E-state index contributed by atoms with van der Waals surface area (Å²) in [6.07, 6.45) is -24.6. The number of hydrogen-bond donors (Lipinski definition) is 15. The molecule has 0 aromatic heterocycles. The van der Waals surface area contributed by atoms with Crippen LogP contribution in [-0.2, 0) is 28.5 Å². The zero-order valence-corrected chi connectivity index (χ0v) is 27.0. The molecule has 0 aromatic rings. The lowest BCUT2D eigenvalue weighted by Crippen LogP contribution is -2.74. The highest BCUT2D eigenvalue weighted by atomic mass is 19.1. The molecule has 2 saturated carbocycles. The van der Waals surface area contributed by atoms with E-state index >= 15 is 0 Å². The van der Waals surface area contributed by atoms with Crippen LogP contribution in [0, 0.1) is 5.92 Å². The third-order valence-electron chi connectivity index (χ3n) is 10.6. The van der Waals surface area contributed by atoms with Crippen molar-refractivity contribution in [2.75, 3.05) is 19.6 Å². The van der Waals surface area contributed by atoms with Crippen LogP contribution in [0.3, 0.4) is 0 Å². The first kappa shape index (κ1) is 39.8. The molecule has 0 aromatic carbocycles. The average Bonchev–Trinajstić information content (AvgIpc) is 3.67. The number of aliphatic hydroxyl groups is 8. The van der Waals surface area contributed by atoms with E-state index in [-0.39, 0.29) is 25.9 Å². The molecule has 290 valence electrons. The number of carbonyl (C=O) groups is 1. The van der Waals surface area contributed by atoms with E-state index in [4.69, 9.17) is 58.1 Å². The van der Waals surface area contributed by atoms with Gasteiger partial charge in [0.2, 0.25) is 0 Å². The Bertz CT molecular complexity index is 1170. The van der Waals surface area contributed by atoms with Gasteiger partial charge in [-0.2, -0.15) is 0 Å². The molecule has 5 rings (SSSR count). The molecule has 1 spiro atoms. The summed E-state index contributed by atoms with van der Waals surface area (Å²) in [5, 5.41) is 88.5. The van der Waals surface area contributed by atoms with E-state index in [1.54, 1.807) is 0 Å². The maximum atomic E-state index is 14.1. The summed E-state index contributed by atoms with van der Waals surface area (Å²) in [6, 6.07) is -5.40. The first-order valence-electron chi connectivity index (χ1n) is 16.6. The van der Waals surface area contributed by atoms with Gasteiger partial charge in [0, 0.05) is 44.1 Å². The molecule has 21 nitrogen and oxygen atoms in total. The molecule has 50 heavy (non-hydrogen) atoms. The molecule has 3 unspecified atom stereocenters. The van der Waals surface area contributed by atoms with Crippen LogP contribution in [0.4, 0.5) is 4.39 Å². The van der Waals surface area contributed by atoms with Crippen LogP contribution in [0.1, 0.15) is 12.8 Å². The highest BCUT2D eigenvalue weighted by molar-refractivity contribution is 5.81. The highest BCUT2D eigenvalue weighted by Crippen LogP contribution is 2.53. The maximum absolute atomic E-state index is 14.1. The standard InChI is InChI=1S/C28H52FN7O14/c29-6(3-30)16(39)25(45)36-15-18(41)13(34)12(22-7(33)1-8(37)9(4-31)46-22)23(20(15)43)48-27-21(44)24(28(50-27)2-11(28)38)49-26-14(35)19(42)17(40)10(5-32)47-26/h6-24,26-27,37-44H,1-5,30-35H2,(H,36,45)/t6-,7-,8+,9-,10+,11-,12?,13-,14-,15-,16+,17-,18+,19-,20+,21-,22+,23+,24+,26?,27-,28?/m1/s1. The lowest BCUT2D eigenvalue weighted by molar-refractivity contribution is -0.282. The molecule has 1 amide bonds. The van der Waals surface area contributed by atoms with Gasteiger partial charge in [-0.25, -0.2) is 4.39 Å². The molecular weight excluding hydrogens is 677 g/mol. The van der Waals surface area contributed by atoms with Gasteiger partial charge in [0.15, 0.2) is 18.7 Å². The molecule has 3 heterocycles. The third-order valence-corrected chi connectivity index (χ3v) is 10.6. The minimum Gasteiger partial charge on any atom is -0.390 e. The Morgan fingerprint density at radius 2 is 1.50 bits per heavy atom. The Morgan fingerprint density at radius 3 is 2.08 bits per heavy atom. The third kappa shape index (κ3) is 7.14. The Kier molecular flexibility index (Phi) is 12.4. The first-order chi connectivity index (χ1) is 23.5. The van der Waals surface area contributed by atoms with Crippen molar-refractivity contribution in [3.8, 4) is 0 Å². The largest absolute Gasteiger partial charge is 0.390 e.